The quantitative estimate of drug-likeness (QED) is 0.711. The molecular formula is C20H19ClFNO5. The van der Waals surface area contributed by atoms with E-state index in [4.69, 9.17) is 25.8 Å². The third kappa shape index (κ3) is 4.04. The number of para-hydroxylation sites is 1. The van der Waals surface area contributed by atoms with Crippen molar-refractivity contribution in [3.63, 3.8) is 0 Å². The molecule has 1 amide bonds. The van der Waals surface area contributed by atoms with E-state index in [-0.39, 0.29) is 24.3 Å². The van der Waals surface area contributed by atoms with Gasteiger partial charge in [0, 0.05) is 11.4 Å². The lowest BCUT2D eigenvalue weighted by Crippen LogP contribution is -2.41. The smallest absolute Gasteiger partial charge is 0.328 e. The molecule has 1 fully saturated rings. The molecule has 8 heteroatoms. The molecule has 6 nitrogen and oxygen atoms in total. The molecule has 28 heavy (non-hydrogen) atoms. The van der Waals surface area contributed by atoms with E-state index in [9.17, 15) is 14.0 Å². The molecule has 0 aliphatic carbocycles. The molecule has 1 saturated heterocycles. The van der Waals surface area contributed by atoms with Gasteiger partial charge in [-0.05, 0) is 30.3 Å². The van der Waals surface area contributed by atoms with Crippen LogP contribution < -0.4 is 9.47 Å². The zero-order valence-corrected chi connectivity index (χ0v) is 16.1. The first-order valence-corrected chi connectivity index (χ1v) is 8.96. The molecule has 0 saturated carbocycles. The second-order valence-corrected chi connectivity index (χ2v) is 6.68. The summed E-state index contributed by atoms with van der Waals surface area (Å²) < 4.78 is 29.7. The van der Waals surface area contributed by atoms with E-state index < -0.39 is 29.8 Å². The number of ether oxygens (including phenoxy) is 3. The highest BCUT2D eigenvalue weighted by molar-refractivity contribution is 6.31. The molecule has 2 aromatic carbocycles. The number of amides is 1. The lowest BCUT2D eigenvalue weighted by atomic mass is 10.1. The van der Waals surface area contributed by atoms with Crippen LogP contribution in [0.3, 0.4) is 0 Å². The van der Waals surface area contributed by atoms with E-state index in [0.29, 0.717) is 10.8 Å². The van der Waals surface area contributed by atoms with Crippen molar-refractivity contribution in [3.05, 3.63) is 58.9 Å². The Morgan fingerprint density at radius 3 is 2.57 bits per heavy atom. The van der Waals surface area contributed by atoms with Crippen LogP contribution in [-0.4, -0.2) is 49.7 Å². The average Bonchev–Trinajstić information content (AvgIpc) is 3.12. The van der Waals surface area contributed by atoms with Crippen LogP contribution >= 0.6 is 11.6 Å². The fourth-order valence-corrected chi connectivity index (χ4v) is 3.36. The van der Waals surface area contributed by atoms with Crippen LogP contribution in [0.1, 0.15) is 16.8 Å². The summed E-state index contributed by atoms with van der Waals surface area (Å²) in [5.74, 6) is -1.15. The van der Waals surface area contributed by atoms with Crippen molar-refractivity contribution in [1.29, 1.82) is 0 Å². The number of esters is 1. The van der Waals surface area contributed by atoms with E-state index in [0.717, 1.165) is 0 Å². The summed E-state index contributed by atoms with van der Waals surface area (Å²) in [7, 11) is 2.68. The SMILES string of the molecule is COC(=O)C1CC(Oc2ccccc2F)CN1C(=O)c1cc(Cl)ccc1OC. The summed E-state index contributed by atoms with van der Waals surface area (Å²) in [6.45, 7) is 0.0859. The van der Waals surface area contributed by atoms with Gasteiger partial charge in [-0.3, -0.25) is 4.79 Å². The minimum absolute atomic E-state index is 0.0609. The number of carbonyl (C=O) groups excluding carboxylic acids is 2. The number of halogens is 2. The van der Waals surface area contributed by atoms with Gasteiger partial charge in [0.25, 0.3) is 5.91 Å². The van der Waals surface area contributed by atoms with Crippen molar-refractivity contribution in [2.24, 2.45) is 0 Å². The van der Waals surface area contributed by atoms with Gasteiger partial charge in [0.05, 0.1) is 26.3 Å². The van der Waals surface area contributed by atoms with Gasteiger partial charge >= 0.3 is 5.97 Å². The number of methoxy groups -OCH3 is 2. The Labute approximate surface area is 166 Å². The van der Waals surface area contributed by atoms with Crippen molar-refractivity contribution in [2.45, 2.75) is 18.6 Å². The zero-order valence-electron chi connectivity index (χ0n) is 15.4. The van der Waals surface area contributed by atoms with Crippen LogP contribution in [0.4, 0.5) is 4.39 Å². The fraction of sp³-hybridized carbons (Fsp3) is 0.300. The third-order valence-electron chi connectivity index (χ3n) is 4.52. The van der Waals surface area contributed by atoms with Gasteiger partial charge in [-0.25, -0.2) is 9.18 Å². The molecule has 0 radical (unpaired) electrons. The Morgan fingerprint density at radius 1 is 1.14 bits per heavy atom. The molecule has 1 aliphatic heterocycles. The number of likely N-dealkylation sites (tertiary alicyclic amines) is 1. The Morgan fingerprint density at radius 2 is 1.89 bits per heavy atom. The molecule has 0 bridgehead atoms. The minimum Gasteiger partial charge on any atom is -0.496 e. The van der Waals surface area contributed by atoms with Gasteiger partial charge in [-0.15, -0.1) is 0 Å². The number of hydrogen-bond acceptors (Lipinski definition) is 5. The Balaban J connectivity index is 1.87. The van der Waals surface area contributed by atoms with Gasteiger partial charge < -0.3 is 19.1 Å². The number of nitrogens with zero attached hydrogens (tertiary/aromatic N) is 1. The van der Waals surface area contributed by atoms with Gasteiger partial charge in [0.2, 0.25) is 0 Å². The standard InChI is InChI=1S/C20H19ClFNO5/c1-26-17-8-7-12(21)9-14(17)19(24)23-11-13(10-16(23)20(25)27-2)28-18-6-4-3-5-15(18)22/h3-9,13,16H,10-11H2,1-2H3. The third-order valence-corrected chi connectivity index (χ3v) is 4.75. The number of hydrogen-bond donors (Lipinski definition) is 0. The fourth-order valence-electron chi connectivity index (χ4n) is 3.19. The summed E-state index contributed by atoms with van der Waals surface area (Å²) in [6.07, 6.45) is -0.398. The van der Waals surface area contributed by atoms with Crippen LogP contribution in [0.2, 0.25) is 5.02 Å². The highest BCUT2D eigenvalue weighted by atomic mass is 35.5. The van der Waals surface area contributed by atoms with Crippen LogP contribution in [0.15, 0.2) is 42.5 Å². The summed E-state index contributed by atoms with van der Waals surface area (Å²) >= 11 is 6.02. The molecule has 2 atom stereocenters. The largest absolute Gasteiger partial charge is 0.496 e. The lowest BCUT2D eigenvalue weighted by molar-refractivity contribution is -0.145. The van der Waals surface area contributed by atoms with Crippen molar-refractivity contribution in [1.82, 2.24) is 4.90 Å². The van der Waals surface area contributed by atoms with Crippen molar-refractivity contribution in [2.75, 3.05) is 20.8 Å². The van der Waals surface area contributed by atoms with Crippen LogP contribution in [-0.2, 0) is 9.53 Å². The number of benzene rings is 2. The molecule has 1 aliphatic rings. The van der Waals surface area contributed by atoms with Gasteiger partial charge in [0.1, 0.15) is 17.9 Å². The predicted octanol–water partition coefficient (Wildman–Crippen LogP) is 3.32. The van der Waals surface area contributed by atoms with Crippen molar-refractivity contribution >= 4 is 23.5 Å². The first kappa shape index (κ1) is 19.9. The molecule has 2 unspecified atom stereocenters. The topological polar surface area (TPSA) is 65.1 Å². The highest BCUT2D eigenvalue weighted by Crippen LogP contribution is 2.30. The van der Waals surface area contributed by atoms with E-state index in [2.05, 4.69) is 0 Å². The normalized spacial score (nSPS) is 18.6. The van der Waals surface area contributed by atoms with Crippen LogP contribution in [0, 0.1) is 5.82 Å². The molecule has 0 aromatic heterocycles. The summed E-state index contributed by atoms with van der Waals surface area (Å²) in [4.78, 5) is 26.7. The minimum atomic E-state index is -0.863. The molecule has 0 spiro atoms. The molecule has 148 valence electrons. The predicted molar refractivity (Wildman–Crippen MR) is 100 cm³/mol. The van der Waals surface area contributed by atoms with Crippen LogP contribution in [0.25, 0.3) is 0 Å². The first-order valence-electron chi connectivity index (χ1n) is 8.58. The Kier molecular flexibility index (Phi) is 6.04. The van der Waals surface area contributed by atoms with Crippen molar-refractivity contribution in [3.8, 4) is 11.5 Å². The van der Waals surface area contributed by atoms with E-state index in [1.54, 1.807) is 24.3 Å². The number of carbonyl (C=O) groups is 2. The van der Waals surface area contributed by atoms with E-state index in [1.807, 2.05) is 0 Å². The first-order chi connectivity index (χ1) is 13.4. The number of rotatable bonds is 5. The lowest BCUT2D eigenvalue weighted by Gasteiger charge is -2.23. The zero-order chi connectivity index (χ0) is 20.3. The average molecular weight is 408 g/mol. The van der Waals surface area contributed by atoms with E-state index >= 15 is 0 Å². The molecular weight excluding hydrogens is 389 g/mol. The monoisotopic (exact) mass is 407 g/mol. The summed E-state index contributed by atoms with van der Waals surface area (Å²) in [5, 5.41) is 0.358. The summed E-state index contributed by atoms with van der Waals surface area (Å²) in [5.41, 5.74) is 0.218. The van der Waals surface area contributed by atoms with Crippen molar-refractivity contribution < 1.29 is 28.2 Å². The van der Waals surface area contributed by atoms with E-state index in [1.165, 1.54) is 37.3 Å². The maximum Gasteiger partial charge on any atom is 0.328 e. The Hall–Kier alpha value is -2.80. The van der Waals surface area contributed by atoms with Gasteiger partial charge in [0.15, 0.2) is 11.6 Å². The molecule has 1 heterocycles. The molecule has 2 aromatic rings. The highest BCUT2D eigenvalue weighted by Gasteiger charge is 2.42. The van der Waals surface area contributed by atoms with Gasteiger partial charge in [-0.1, -0.05) is 23.7 Å². The molecule has 3 rings (SSSR count). The maximum absolute atomic E-state index is 13.9. The molecule has 0 N–H and O–H groups in total. The summed E-state index contributed by atoms with van der Waals surface area (Å²) in [6, 6.07) is 9.75. The second kappa shape index (κ2) is 8.48. The Bertz CT molecular complexity index is 891. The second-order valence-electron chi connectivity index (χ2n) is 6.25. The maximum atomic E-state index is 13.9. The van der Waals surface area contributed by atoms with Gasteiger partial charge in [-0.2, -0.15) is 0 Å². The van der Waals surface area contributed by atoms with Crippen LogP contribution in [0.5, 0.6) is 11.5 Å².